The van der Waals surface area contributed by atoms with E-state index in [0.717, 1.165) is 17.4 Å². The van der Waals surface area contributed by atoms with Crippen LogP contribution in [0.4, 0.5) is 11.4 Å². The van der Waals surface area contributed by atoms with Gasteiger partial charge in [-0.05, 0) is 36.2 Å². The third kappa shape index (κ3) is 2.72. The fourth-order valence-corrected chi connectivity index (χ4v) is 5.04. The van der Waals surface area contributed by atoms with Crippen LogP contribution in [0, 0.1) is 16.0 Å². The van der Waals surface area contributed by atoms with Gasteiger partial charge < -0.3 is 0 Å². The molecule has 2 amide bonds. The molecule has 3 saturated heterocycles. The molecule has 0 bridgehead atoms. The van der Waals surface area contributed by atoms with E-state index >= 15 is 0 Å². The number of hydrogen-bond acceptors (Lipinski definition) is 6. The molecule has 0 spiro atoms. The maximum absolute atomic E-state index is 13.4. The Hall–Kier alpha value is -2.62. The highest BCUT2D eigenvalue weighted by Gasteiger charge is 2.62. The van der Waals surface area contributed by atoms with Gasteiger partial charge in [-0.2, -0.15) is 0 Å². The standard InChI is InChI=1S/C20H17BrN4O4/c21-13-5-7-14(8-6-13)24-19(26)16-17(12-3-1-4-15(11-12)25(28)29)22-9-2-10-23(22)18(16)20(24)27/h1,3-8,11,16-18H,2,9-10H2/t16-,17+,18-/m0/s1. The van der Waals surface area contributed by atoms with Gasteiger partial charge in [0.25, 0.3) is 11.6 Å². The number of fused-ring (bicyclic) bond motifs is 3. The Kier molecular flexibility index (Phi) is 4.27. The molecule has 0 unspecified atom stereocenters. The van der Waals surface area contributed by atoms with E-state index in [9.17, 15) is 19.7 Å². The van der Waals surface area contributed by atoms with E-state index < -0.39 is 16.9 Å². The van der Waals surface area contributed by atoms with Crippen molar-refractivity contribution in [1.82, 2.24) is 10.0 Å². The Morgan fingerprint density at radius 3 is 2.34 bits per heavy atom. The maximum atomic E-state index is 13.4. The van der Waals surface area contributed by atoms with Crippen molar-refractivity contribution in [2.75, 3.05) is 18.0 Å². The molecule has 0 N–H and O–H groups in total. The molecule has 2 aromatic rings. The molecule has 2 aromatic carbocycles. The zero-order valence-electron chi connectivity index (χ0n) is 15.3. The molecule has 3 fully saturated rings. The van der Waals surface area contributed by atoms with Crippen molar-refractivity contribution in [3.8, 4) is 0 Å². The lowest BCUT2D eigenvalue weighted by atomic mass is 9.89. The summed E-state index contributed by atoms with van der Waals surface area (Å²) in [7, 11) is 0. The third-order valence-corrected chi connectivity index (χ3v) is 6.44. The van der Waals surface area contributed by atoms with Crippen molar-refractivity contribution in [3.63, 3.8) is 0 Å². The monoisotopic (exact) mass is 456 g/mol. The lowest BCUT2D eigenvalue weighted by Crippen LogP contribution is -2.44. The first kappa shape index (κ1) is 18.4. The highest BCUT2D eigenvalue weighted by Crippen LogP contribution is 2.49. The Morgan fingerprint density at radius 1 is 0.966 bits per heavy atom. The van der Waals surface area contributed by atoms with E-state index in [1.165, 1.54) is 17.0 Å². The summed E-state index contributed by atoms with van der Waals surface area (Å²) in [6.07, 6.45) is 0.883. The van der Waals surface area contributed by atoms with Crippen LogP contribution >= 0.6 is 15.9 Å². The molecule has 148 valence electrons. The molecule has 9 heteroatoms. The first-order valence-electron chi connectivity index (χ1n) is 9.38. The second-order valence-electron chi connectivity index (χ2n) is 7.44. The maximum Gasteiger partial charge on any atom is 0.269 e. The average molecular weight is 457 g/mol. The number of hydrogen-bond donors (Lipinski definition) is 0. The van der Waals surface area contributed by atoms with Gasteiger partial charge in [-0.25, -0.2) is 14.9 Å². The van der Waals surface area contributed by atoms with Crippen molar-refractivity contribution in [2.24, 2.45) is 5.92 Å². The molecule has 0 radical (unpaired) electrons. The van der Waals surface area contributed by atoms with Gasteiger partial charge >= 0.3 is 0 Å². The molecule has 5 rings (SSSR count). The Morgan fingerprint density at radius 2 is 1.66 bits per heavy atom. The molecule has 3 heterocycles. The number of carbonyl (C=O) groups is 2. The minimum atomic E-state index is -0.589. The second kappa shape index (κ2) is 6.72. The second-order valence-corrected chi connectivity index (χ2v) is 8.35. The highest BCUT2D eigenvalue weighted by molar-refractivity contribution is 9.10. The zero-order valence-corrected chi connectivity index (χ0v) is 16.9. The lowest BCUT2D eigenvalue weighted by molar-refractivity contribution is -0.385. The summed E-state index contributed by atoms with van der Waals surface area (Å²) in [5.41, 5.74) is 1.22. The van der Waals surface area contributed by atoms with Gasteiger partial charge in [-0.15, -0.1) is 0 Å². The van der Waals surface area contributed by atoms with Crippen LogP contribution in [0.5, 0.6) is 0 Å². The summed E-state index contributed by atoms with van der Waals surface area (Å²) in [6, 6.07) is 12.5. The largest absolute Gasteiger partial charge is 0.274 e. The van der Waals surface area contributed by atoms with Gasteiger partial charge in [-0.3, -0.25) is 19.7 Å². The lowest BCUT2D eigenvalue weighted by Gasteiger charge is -2.29. The molecule has 0 aromatic heterocycles. The summed E-state index contributed by atoms with van der Waals surface area (Å²) >= 11 is 3.37. The molecule has 0 aliphatic carbocycles. The van der Waals surface area contributed by atoms with Gasteiger partial charge in [0.1, 0.15) is 6.04 Å². The minimum Gasteiger partial charge on any atom is -0.274 e. The van der Waals surface area contributed by atoms with E-state index in [0.29, 0.717) is 17.8 Å². The number of imide groups is 1. The van der Waals surface area contributed by atoms with E-state index in [4.69, 9.17) is 0 Å². The normalized spacial score (nSPS) is 26.8. The molecular formula is C20H17BrN4O4. The molecular weight excluding hydrogens is 440 g/mol. The van der Waals surface area contributed by atoms with Crippen LogP contribution < -0.4 is 4.90 Å². The molecule has 3 aliphatic rings. The van der Waals surface area contributed by atoms with Crippen LogP contribution in [0.25, 0.3) is 0 Å². The summed E-state index contributed by atoms with van der Waals surface area (Å²) in [5.74, 6) is -1.08. The van der Waals surface area contributed by atoms with E-state index in [2.05, 4.69) is 15.9 Å². The number of non-ortho nitro benzene ring substituents is 1. The minimum absolute atomic E-state index is 0.0155. The summed E-state index contributed by atoms with van der Waals surface area (Å²) in [5, 5.41) is 15.3. The Bertz CT molecular complexity index is 1030. The van der Waals surface area contributed by atoms with Crippen molar-refractivity contribution in [2.45, 2.75) is 18.5 Å². The van der Waals surface area contributed by atoms with E-state index in [1.807, 2.05) is 10.0 Å². The smallest absolute Gasteiger partial charge is 0.269 e. The van der Waals surface area contributed by atoms with Crippen molar-refractivity contribution < 1.29 is 14.5 Å². The quantitative estimate of drug-likeness (QED) is 0.400. The van der Waals surface area contributed by atoms with Crippen molar-refractivity contribution >= 4 is 39.1 Å². The van der Waals surface area contributed by atoms with Crippen LogP contribution in [-0.2, 0) is 9.59 Å². The predicted octanol–water partition coefficient (Wildman–Crippen LogP) is 2.89. The summed E-state index contributed by atoms with van der Waals surface area (Å²) in [4.78, 5) is 38.8. The number of nitrogens with zero attached hydrogens (tertiary/aromatic N) is 4. The summed E-state index contributed by atoms with van der Waals surface area (Å²) in [6.45, 7) is 1.42. The number of amides is 2. The van der Waals surface area contributed by atoms with Gasteiger partial charge in [-0.1, -0.05) is 28.1 Å². The first-order chi connectivity index (χ1) is 14.0. The fraction of sp³-hybridized carbons (Fsp3) is 0.300. The number of halogens is 1. The van der Waals surface area contributed by atoms with Crippen LogP contribution in [0.15, 0.2) is 53.0 Å². The Balaban J connectivity index is 1.58. The summed E-state index contributed by atoms with van der Waals surface area (Å²) < 4.78 is 0.862. The number of rotatable bonds is 3. The van der Waals surface area contributed by atoms with Crippen LogP contribution in [0.1, 0.15) is 18.0 Å². The number of carbonyl (C=O) groups excluding carboxylic acids is 2. The van der Waals surface area contributed by atoms with Gasteiger partial charge in [0.2, 0.25) is 5.91 Å². The molecule has 3 atom stereocenters. The predicted molar refractivity (Wildman–Crippen MR) is 108 cm³/mol. The molecule has 8 nitrogen and oxygen atoms in total. The number of hydrazine groups is 1. The average Bonchev–Trinajstić information content (AvgIpc) is 3.35. The van der Waals surface area contributed by atoms with Gasteiger partial charge in [0, 0.05) is 29.7 Å². The van der Waals surface area contributed by atoms with E-state index in [1.54, 1.807) is 36.4 Å². The topological polar surface area (TPSA) is 87.0 Å². The SMILES string of the molecule is O=C1[C@@H]2[C@@H](C(=O)N1c1ccc(Br)cc1)N1CCCN1[C@@H]2c1cccc([N+](=O)[O-])c1. The fourth-order valence-electron chi connectivity index (χ4n) is 4.78. The first-order valence-corrected chi connectivity index (χ1v) is 10.2. The molecule has 0 saturated carbocycles. The number of nitro benzene ring substituents is 1. The Labute approximate surface area is 174 Å². The third-order valence-electron chi connectivity index (χ3n) is 5.91. The number of anilines is 1. The zero-order chi connectivity index (χ0) is 20.3. The van der Waals surface area contributed by atoms with Crippen LogP contribution in [0.2, 0.25) is 0 Å². The van der Waals surface area contributed by atoms with Crippen LogP contribution in [0.3, 0.4) is 0 Å². The molecule has 29 heavy (non-hydrogen) atoms. The number of nitro groups is 1. The van der Waals surface area contributed by atoms with Crippen LogP contribution in [-0.4, -0.2) is 45.9 Å². The highest BCUT2D eigenvalue weighted by atomic mass is 79.9. The van der Waals surface area contributed by atoms with Crippen molar-refractivity contribution in [1.29, 1.82) is 0 Å². The van der Waals surface area contributed by atoms with Crippen molar-refractivity contribution in [3.05, 3.63) is 68.7 Å². The number of benzene rings is 2. The van der Waals surface area contributed by atoms with Gasteiger partial charge in [0.15, 0.2) is 0 Å². The molecule has 3 aliphatic heterocycles. The van der Waals surface area contributed by atoms with Gasteiger partial charge in [0.05, 0.1) is 22.6 Å². The van der Waals surface area contributed by atoms with E-state index in [-0.39, 0.29) is 23.5 Å².